The number of nitrogens with one attached hydrogen (secondary N) is 1. The van der Waals surface area contributed by atoms with Crippen molar-refractivity contribution in [2.45, 2.75) is 24.7 Å². The molecule has 0 heterocycles. The fourth-order valence-corrected chi connectivity index (χ4v) is 3.22. The number of thioether (sulfide) groups is 1. The molecule has 2 rings (SSSR count). The Balaban J connectivity index is 1.86. The Morgan fingerprint density at radius 1 is 1.13 bits per heavy atom. The van der Waals surface area contributed by atoms with E-state index in [0.717, 1.165) is 34.8 Å². The van der Waals surface area contributed by atoms with Gasteiger partial charge in [0.05, 0.1) is 12.7 Å². The van der Waals surface area contributed by atoms with Gasteiger partial charge in [-0.05, 0) is 42.4 Å². The highest BCUT2D eigenvalue weighted by Crippen LogP contribution is 2.22. The summed E-state index contributed by atoms with van der Waals surface area (Å²) in [6, 6.07) is 15.8. The van der Waals surface area contributed by atoms with Gasteiger partial charge in [0.1, 0.15) is 5.75 Å². The standard InChI is InChI=1S/C19H23NO2S/c1-3-23-18-13-7-5-11-16(18)19(21)20-14-8-10-15-9-4-6-12-17(15)22-2/h4-7,9,11-13H,3,8,10,14H2,1-2H3,(H,20,21). The van der Waals surface area contributed by atoms with E-state index in [0.29, 0.717) is 6.54 Å². The molecular formula is C19H23NO2S. The molecule has 0 unspecified atom stereocenters. The number of benzene rings is 2. The summed E-state index contributed by atoms with van der Waals surface area (Å²) in [6.07, 6.45) is 1.77. The van der Waals surface area contributed by atoms with E-state index in [-0.39, 0.29) is 5.91 Å². The molecule has 0 fully saturated rings. The van der Waals surface area contributed by atoms with E-state index in [1.165, 1.54) is 5.56 Å². The smallest absolute Gasteiger partial charge is 0.252 e. The van der Waals surface area contributed by atoms with Gasteiger partial charge < -0.3 is 10.1 Å². The molecule has 2 aromatic rings. The van der Waals surface area contributed by atoms with Crippen LogP contribution in [-0.4, -0.2) is 25.3 Å². The Morgan fingerprint density at radius 2 is 1.87 bits per heavy atom. The van der Waals surface area contributed by atoms with Gasteiger partial charge in [0.25, 0.3) is 5.91 Å². The first kappa shape index (κ1) is 17.4. The van der Waals surface area contributed by atoms with E-state index >= 15 is 0 Å². The summed E-state index contributed by atoms with van der Waals surface area (Å²) in [5, 5.41) is 3.01. The summed E-state index contributed by atoms with van der Waals surface area (Å²) in [7, 11) is 1.68. The number of aryl methyl sites for hydroxylation is 1. The SMILES string of the molecule is CCSc1ccccc1C(=O)NCCCc1ccccc1OC. The Hall–Kier alpha value is -1.94. The van der Waals surface area contributed by atoms with E-state index in [4.69, 9.17) is 4.74 Å². The highest BCUT2D eigenvalue weighted by molar-refractivity contribution is 7.99. The average Bonchev–Trinajstić information content (AvgIpc) is 2.59. The van der Waals surface area contributed by atoms with Gasteiger partial charge in [0.2, 0.25) is 0 Å². The van der Waals surface area contributed by atoms with E-state index in [9.17, 15) is 4.79 Å². The minimum absolute atomic E-state index is 0.00146. The molecule has 23 heavy (non-hydrogen) atoms. The number of rotatable bonds is 8. The van der Waals surface area contributed by atoms with Crippen molar-refractivity contribution >= 4 is 17.7 Å². The zero-order chi connectivity index (χ0) is 16.5. The van der Waals surface area contributed by atoms with Crippen LogP contribution in [0.1, 0.15) is 29.3 Å². The Morgan fingerprint density at radius 3 is 2.65 bits per heavy atom. The molecule has 0 aliphatic heterocycles. The number of amides is 1. The molecule has 0 aliphatic carbocycles. The van der Waals surface area contributed by atoms with Crippen LogP contribution in [0.3, 0.4) is 0 Å². The van der Waals surface area contributed by atoms with Gasteiger partial charge in [0, 0.05) is 11.4 Å². The molecule has 4 heteroatoms. The molecule has 0 atom stereocenters. The molecular weight excluding hydrogens is 306 g/mol. The van der Waals surface area contributed by atoms with Crippen LogP contribution in [0, 0.1) is 0 Å². The van der Waals surface area contributed by atoms with Crippen molar-refractivity contribution in [1.82, 2.24) is 5.32 Å². The van der Waals surface area contributed by atoms with Gasteiger partial charge in [-0.15, -0.1) is 11.8 Å². The van der Waals surface area contributed by atoms with Crippen LogP contribution in [0.2, 0.25) is 0 Å². The average molecular weight is 329 g/mol. The maximum atomic E-state index is 12.3. The highest BCUT2D eigenvalue weighted by Gasteiger charge is 2.10. The molecule has 0 aliphatic rings. The van der Waals surface area contributed by atoms with Crippen LogP contribution in [0.5, 0.6) is 5.75 Å². The van der Waals surface area contributed by atoms with Gasteiger partial charge in [-0.1, -0.05) is 37.3 Å². The molecule has 0 saturated carbocycles. The fourth-order valence-electron chi connectivity index (χ4n) is 2.42. The summed E-state index contributed by atoms with van der Waals surface area (Å²) < 4.78 is 5.35. The van der Waals surface area contributed by atoms with Gasteiger partial charge >= 0.3 is 0 Å². The van der Waals surface area contributed by atoms with Gasteiger partial charge in [-0.3, -0.25) is 4.79 Å². The van der Waals surface area contributed by atoms with Crippen LogP contribution in [0.25, 0.3) is 0 Å². The molecule has 3 nitrogen and oxygen atoms in total. The molecule has 1 N–H and O–H groups in total. The molecule has 0 bridgehead atoms. The maximum absolute atomic E-state index is 12.3. The monoisotopic (exact) mass is 329 g/mol. The van der Waals surface area contributed by atoms with Crippen molar-refractivity contribution in [3.05, 3.63) is 59.7 Å². The number of hydrogen-bond acceptors (Lipinski definition) is 3. The maximum Gasteiger partial charge on any atom is 0.252 e. The van der Waals surface area contributed by atoms with E-state index < -0.39 is 0 Å². The largest absolute Gasteiger partial charge is 0.496 e. The van der Waals surface area contributed by atoms with Crippen molar-refractivity contribution in [3.8, 4) is 5.75 Å². The third kappa shape index (κ3) is 5.03. The van der Waals surface area contributed by atoms with Crippen molar-refractivity contribution in [3.63, 3.8) is 0 Å². The summed E-state index contributed by atoms with van der Waals surface area (Å²) in [5.41, 5.74) is 1.93. The predicted molar refractivity (Wildman–Crippen MR) is 96.5 cm³/mol. The van der Waals surface area contributed by atoms with Gasteiger partial charge in [0.15, 0.2) is 0 Å². The lowest BCUT2D eigenvalue weighted by molar-refractivity contribution is 0.0950. The molecule has 1 amide bonds. The zero-order valence-electron chi connectivity index (χ0n) is 13.7. The van der Waals surface area contributed by atoms with Crippen molar-refractivity contribution < 1.29 is 9.53 Å². The van der Waals surface area contributed by atoms with Crippen molar-refractivity contribution in [2.24, 2.45) is 0 Å². The van der Waals surface area contributed by atoms with Crippen LogP contribution in [0.4, 0.5) is 0 Å². The topological polar surface area (TPSA) is 38.3 Å². The first-order valence-electron chi connectivity index (χ1n) is 7.88. The third-order valence-corrected chi connectivity index (χ3v) is 4.49. The summed E-state index contributed by atoms with van der Waals surface area (Å²) in [6.45, 7) is 2.74. The quantitative estimate of drug-likeness (QED) is 0.583. The van der Waals surface area contributed by atoms with Crippen LogP contribution in [-0.2, 0) is 6.42 Å². The second-order valence-electron chi connectivity index (χ2n) is 5.10. The predicted octanol–water partition coefficient (Wildman–Crippen LogP) is 4.17. The molecule has 122 valence electrons. The van der Waals surface area contributed by atoms with Crippen molar-refractivity contribution in [2.75, 3.05) is 19.4 Å². The van der Waals surface area contributed by atoms with E-state index in [1.807, 2.05) is 42.5 Å². The lowest BCUT2D eigenvalue weighted by atomic mass is 10.1. The number of methoxy groups -OCH3 is 1. The van der Waals surface area contributed by atoms with E-state index in [1.54, 1.807) is 18.9 Å². The van der Waals surface area contributed by atoms with Gasteiger partial charge in [-0.2, -0.15) is 0 Å². The summed E-state index contributed by atoms with van der Waals surface area (Å²) >= 11 is 1.69. The summed E-state index contributed by atoms with van der Waals surface area (Å²) in [5.74, 6) is 1.86. The van der Waals surface area contributed by atoms with Crippen LogP contribution < -0.4 is 10.1 Å². The second kappa shape index (κ2) is 9.26. The number of carbonyl (C=O) groups excluding carboxylic acids is 1. The molecule has 0 spiro atoms. The number of ether oxygens (including phenoxy) is 1. The lowest BCUT2D eigenvalue weighted by Crippen LogP contribution is -2.25. The van der Waals surface area contributed by atoms with Crippen LogP contribution in [0.15, 0.2) is 53.4 Å². The second-order valence-corrected chi connectivity index (χ2v) is 6.41. The highest BCUT2D eigenvalue weighted by atomic mass is 32.2. The normalized spacial score (nSPS) is 10.3. The first-order valence-corrected chi connectivity index (χ1v) is 8.86. The minimum Gasteiger partial charge on any atom is -0.496 e. The number of para-hydroxylation sites is 1. The van der Waals surface area contributed by atoms with Crippen LogP contribution >= 0.6 is 11.8 Å². The number of hydrogen-bond donors (Lipinski definition) is 1. The van der Waals surface area contributed by atoms with Crippen molar-refractivity contribution in [1.29, 1.82) is 0 Å². The number of carbonyl (C=O) groups is 1. The van der Waals surface area contributed by atoms with E-state index in [2.05, 4.69) is 18.3 Å². The fraction of sp³-hybridized carbons (Fsp3) is 0.316. The third-order valence-electron chi connectivity index (χ3n) is 3.53. The zero-order valence-corrected chi connectivity index (χ0v) is 14.5. The summed E-state index contributed by atoms with van der Waals surface area (Å²) in [4.78, 5) is 13.4. The lowest BCUT2D eigenvalue weighted by Gasteiger charge is -2.10. The molecule has 0 saturated heterocycles. The molecule has 2 aromatic carbocycles. The minimum atomic E-state index is 0.00146. The molecule has 0 radical (unpaired) electrons. The Labute approximate surface area is 142 Å². The Kier molecular flexibility index (Phi) is 7.01. The van der Waals surface area contributed by atoms with Gasteiger partial charge in [-0.25, -0.2) is 0 Å². The molecule has 0 aromatic heterocycles. The Bertz CT molecular complexity index is 643. The first-order chi connectivity index (χ1) is 11.3.